The average Bonchev–Trinajstić information content (AvgIpc) is 2.98. The van der Waals surface area contributed by atoms with Crippen molar-refractivity contribution in [3.8, 4) is 5.75 Å². The van der Waals surface area contributed by atoms with Crippen LogP contribution in [-0.4, -0.2) is 10.9 Å². The number of hydrogen-bond acceptors (Lipinski definition) is 3. The largest absolute Gasteiger partial charge is 0.488 e. The summed E-state index contributed by atoms with van der Waals surface area (Å²) in [5, 5.41) is 0.733. The molecular weight excluding hydrogens is 266 g/mol. The lowest BCUT2D eigenvalue weighted by molar-refractivity contribution is 0.0955. The van der Waals surface area contributed by atoms with Crippen molar-refractivity contribution in [1.82, 2.24) is 10.4 Å². The number of nitrogen functional groups attached to an aromatic ring is 1. The number of nitrogens with two attached hydrogens (primary N) is 1. The fourth-order valence-electron chi connectivity index (χ4n) is 2.26. The molecule has 5 nitrogen and oxygen atoms in total. The van der Waals surface area contributed by atoms with E-state index < -0.39 is 0 Å². The first-order valence-electron chi connectivity index (χ1n) is 6.57. The van der Waals surface area contributed by atoms with Gasteiger partial charge in [0.25, 0.3) is 5.91 Å². The molecular formula is C16H15N3O2. The van der Waals surface area contributed by atoms with Crippen LogP contribution >= 0.6 is 0 Å². The van der Waals surface area contributed by atoms with E-state index in [-0.39, 0.29) is 5.91 Å². The Morgan fingerprint density at radius 1 is 1.14 bits per heavy atom. The number of fused-ring (bicyclic) bond motifs is 1. The van der Waals surface area contributed by atoms with Crippen LogP contribution in [0.25, 0.3) is 10.9 Å². The van der Waals surface area contributed by atoms with Crippen LogP contribution in [0.1, 0.15) is 15.9 Å². The van der Waals surface area contributed by atoms with Crippen molar-refractivity contribution in [3.05, 3.63) is 65.9 Å². The molecule has 0 atom stereocenters. The Hall–Kier alpha value is -2.79. The zero-order valence-corrected chi connectivity index (χ0v) is 11.3. The molecule has 0 unspecified atom stereocenters. The second-order valence-electron chi connectivity index (χ2n) is 4.63. The molecule has 21 heavy (non-hydrogen) atoms. The summed E-state index contributed by atoms with van der Waals surface area (Å²) in [7, 11) is 0. The molecule has 2 aromatic carbocycles. The molecule has 0 fully saturated rings. The van der Waals surface area contributed by atoms with Gasteiger partial charge in [0.2, 0.25) is 0 Å². The molecule has 0 saturated heterocycles. The molecule has 0 saturated carbocycles. The quantitative estimate of drug-likeness (QED) is 0.390. The topological polar surface area (TPSA) is 80.1 Å². The minimum atomic E-state index is -0.350. The van der Waals surface area contributed by atoms with Gasteiger partial charge < -0.3 is 9.72 Å². The average molecular weight is 281 g/mol. The van der Waals surface area contributed by atoms with Gasteiger partial charge in [0.05, 0.1) is 10.9 Å². The van der Waals surface area contributed by atoms with Gasteiger partial charge in [-0.3, -0.25) is 10.2 Å². The summed E-state index contributed by atoms with van der Waals surface area (Å²) in [6, 6.07) is 15.5. The van der Waals surface area contributed by atoms with Crippen LogP contribution in [0, 0.1) is 0 Å². The first-order valence-corrected chi connectivity index (χ1v) is 6.57. The molecule has 106 valence electrons. The number of hydrazine groups is 1. The molecule has 0 aliphatic carbocycles. The first-order chi connectivity index (χ1) is 10.3. The van der Waals surface area contributed by atoms with E-state index in [0.29, 0.717) is 17.9 Å². The summed E-state index contributed by atoms with van der Waals surface area (Å²) in [5.74, 6) is 5.51. The lowest BCUT2D eigenvalue weighted by Gasteiger charge is -2.09. The number of aromatic amines is 1. The molecule has 0 spiro atoms. The lowest BCUT2D eigenvalue weighted by Crippen LogP contribution is -2.29. The normalized spacial score (nSPS) is 10.5. The highest BCUT2D eigenvalue weighted by Gasteiger charge is 2.15. The van der Waals surface area contributed by atoms with Crippen LogP contribution in [-0.2, 0) is 6.61 Å². The number of rotatable bonds is 4. The van der Waals surface area contributed by atoms with Crippen LogP contribution in [0.4, 0.5) is 0 Å². The van der Waals surface area contributed by atoms with E-state index in [1.54, 1.807) is 6.20 Å². The monoisotopic (exact) mass is 281 g/mol. The second kappa shape index (κ2) is 5.68. The van der Waals surface area contributed by atoms with Gasteiger partial charge in [-0.05, 0) is 17.7 Å². The van der Waals surface area contributed by atoms with E-state index in [1.165, 1.54) is 0 Å². The van der Waals surface area contributed by atoms with Gasteiger partial charge in [-0.25, -0.2) is 5.84 Å². The van der Waals surface area contributed by atoms with Gasteiger partial charge in [0.1, 0.15) is 12.4 Å². The Balaban J connectivity index is 1.94. The molecule has 0 radical (unpaired) electrons. The Morgan fingerprint density at radius 3 is 2.71 bits per heavy atom. The summed E-state index contributed by atoms with van der Waals surface area (Å²) >= 11 is 0. The van der Waals surface area contributed by atoms with Crippen LogP contribution in [0.2, 0.25) is 0 Å². The van der Waals surface area contributed by atoms with Crippen LogP contribution < -0.4 is 16.0 Å². The van der Waals surface area contributed by atoms with Crippen LogP contribution in [0.3, 0.4) is 0 Å². The number of amides is 1. The molecule has 4 N–H and O–H groups in total. The molecule has 0 aliphatic rings. The highest BCUT2D eigenvalue weighted by molar-refractivity contribution is 6.08. The third-order valence-corrected chi connectivity index (χ3v) is 3.28. The van der Waals surface area contributed by atoms with Gasteiger partial charge in [0.15, 0.2) is 0 Å². The van der Waals surface area contributed by atoms with E-state index in [2.05, 4.69) is 10.4 Å². The molecule has 3 rings (SSSR count). The van der Waals surface area contributed by atoms with Crippen molar-refractivity contribution in [2.75, 3.05) is 0 Å². The Bertz CT molecular complexity index is 766. The predicted molar refractivity (Wildman–Crippen MR) is 80.7 cm³/mol. The zero-order chi connectivity index (χ0) is 14.7. The van der Waals surface area contributed by atoms with Crippen molar-refractivity contribution >= 4 is 16.8 Å². The third-order valence-electron chi connectivity index (χ3n) is 3.28. The maximum absolute atomic E-state index is 11.8. The highest BCUT2D eigenvalue weighted by Crippen LogP contribution is 2.29. The van der Waals surface area contributed by atoms with Crippen LogP contribution in [0.15, 0.2) is 54.7 Å². The van der Waals surface area contributed by atoms with Gasteiger partial charge in [0, 0.05) is 11.7 Å². The fourth-order valence-corrected chi connectivity index (χ4v) is 2.26. The molecule has 1 amide bonds. The Kier molecular flexibility index (Phi) is 3.57. The molecule has 3 aromatic rings. The maximum atomic E-state index is 11.8. The minimum absolute atomic E-state index is 0.350. The molecule has 1 heterocycles. The third kappa shape index (κ3) is 2.59. The number of aromatic nitrogens is 1. The van der Waals surface area contributed by atoms with Gasteiger partial charge >= 0.3 is 0 Å². The van der Waals surface area contributed by atoms with Crippen molar-refractivity contribution in [2.45, 2.75) is 6.61 Å². The zero-order valence-electron chi connectivity index (χ0n) is 11.3. The summed E-state index contributed by atoms with van der Waals surface area (Å²) in [5.41, 5.74) is 4.51. The highest BCUT2D eigenvalue weighted by atomic mass is 16.5. The van der Waals surface area contributed by atoms with E-state index in [4.69, 9.17) is 10.6 Å². The number of nitrogens with one attached hydrogen (secondary N) is 2. The minimum Gasteiger partial charge on any atom is -0.488 e. The summed E-state index contributed by atoms with van der Waals surface area (Å²) in [6.45, 7) is 0.439. The van der Waals surface area contributed by atoms with Crippen molar-refractivity contribution in [3.63, 3.8) is 0 Å². The lowest BCUT2D eigenvalue weighted by atomic mass is 10.1. The van der Waals surface area contributed by atoms with Crippen LogP contribution in [0.5, 0.6) is 5.75 Å². The Labute approximate surface area is 121 Å². The molecule has 0 aliphatic heterocycles. The molecule has 5 heteroatoms. The van der Waals surface area contributed by atoms with Gasteiger partial charge in [-0.1, -0.05) is 36.4 Å². The summed E-state index contributed by atoms with van der Waals surface area (Å²) in [6.07, 6.45) is 1.63. The second-order valence-corrected chi connectivity index (χ2v) is 4.63. The SMILES string of the molecule is NNC(=O)c1c[nH]c2cccc(OCc3ccccc3)c12. The number of H-pyrrole nitrogens is 1. The number of ether oxygens (including phenoxy) is 1. The van der Waals surface area contributed by atoms with E-state index in [0.717, 1.165) is 16.5 Å². The van der Waals surface area contributed by atoms with E-state index >= 15 is 0 Å². The molecule has 0 bridgehead atoms. The van der Waals surface area contributed by atoms with E-state index in [1.807, 2.05) is 48.5 Å². The number of benzene rings is 2. The Morgan fingerprint density at radius 2 is 1.95 bits per heavy atom. The summed E-state index contributed by atoms with van der Waals surface area (Å²) in [4.78, 5) is 14.8. The fraction of sp³-hybridized carbons (Fsp3) is 0.0625. The number of carbonyl (C=O) groups excluding carboxylic acids is 1. The van der Waals surface area contributed by atoms with Crippen molar-refractivity contribution in [2.24, 2.45) is 5.84 Å². The summed E-state index contributed by atoms with van der Waals surface area (Å²) < 4.78 is 5.86. The number of carbonyl (C=O) groups is 1. The number of hydrogen-bond donors (Lipinski definition) is 3. The predicted octanol–water partition coefficient (Wildman–Crippen LogP) is 2.35. The van der Waals surface area contributed by atoms with Gasteiger partial charge in [-0.2, -0.15) is 0 Å². The van der Waals surface area contributed by atoms with Gasteiger partial charge in [-0.15, -0.1) is 0 Å². The van der Waals surface area contributed by atoms with Crippen molar-refractivity contribution in [1.29, 1.82) is 0 Å². The first kappa shape index (κ1) is 13.2. The van der Waals surface area contributed by atoms with E-state index in [9.17, 15) is 4.79 Å². The smallest absolute Gasteiger partial charge is 0.267 e. The maximum Gasteiger partial charge on any atom is 0.267 e. The standard InChI is InChI=1S/C16H15N3O2/c17-19-16(20)12-9-18-13-7-4-8-14(15(12)13)21-10-11-5-2-1-3-6-11/h1-9,18H,10,17H2,(H,19,20). The molecule has 1 aromatic heterocycles. The van der Waals surface area contributed by atoms with Crippen molar-refractivity contribution < 1.29 is 9.53 Å².